The summed E-state index contributed by atoms with van der Waals surface area (Å²) in [7, 11) is 0. The summed E-state index contributed by atoms with van der Waals surface area (Å²) in [6.45, 7) is 0.102. The predicted molar refractivity (Wildman–Crippen MR) is 74.1 cm³/mol. The van der Waals surface area contributed by atoms with Crippen LogP contribution in [0.25, 0.3) is 0 Å². The highest BCUT2D eigenvalue weighted by Crippen LogP contribution is 2.16. The Balaban J connectivity index is 1.91. The van der Waals surface area contributed by atoms with Gasteiger partial charge in [-0.1, -0.05) is 30.3 Å². The van der Waals surface area contributed by atoms with E-state index in [9.17, 15) is 15.3 Å². The van der Waals surface area contributed by atoms with Gasteiger partial charge < -0.3 is 31.1 Å². The molecule has 20 heavy (non-hydrogen) atoms. The lowest BCUT2D eigenvalue weighted by Crippen LogP contribution is -2.44. The van der Waals surface area contributed by atoms with Gasteiger partial charge in [0.2, 0.25) is 0 Å². The summed E-state index contributed by atoms with van der Waals surface area (Å²) in [5, 5.41) is 44.3. The van der Waals surface area contributed by atoms with Crippen molar-refractivity contribution in [2.24, 2.45) is 0 Å². The first kappa shape index (κ1) is 15.4. The summed E-state index contributed by atoms with van der Waals surface area (Å²) in [5.41, 5.74) is 0.960. The molecular weight excluding hydrogens is 260 g/mol. The van der Waals surface area contributed by atoms with E-state index in [0.717, 1.165) is 5.56 Å². The third-order valence-corrected chi connectivity index (χ3v) is 3.77. The zero-order valence-corrected chi connectivity index (χ0v) is 11.2. The van der Waals surface area contributed by atoms with E-state index in [1.165, 1.54) is 0 Å². The number of hydrogen-bond acceptors (Lipinski definition) is 6. The Labute approximate surface area is 118 Å². The maximum absolute atomic E-state index is 9.89. The predicted octanol–water partition coefficient (Wildman–Crippen LogP) is -1.64. The number of aliphatic hydroxyl groups excluding tert-OH is 4. The van der Waals surface area contributed by atoms with Crippen molar-refractivity contribution >= 4 is 0 Å². The van der Waals surface area contributed by atoms with E-state index in [0.29, 0.717) is 6.54 Å². The van der Waals surface area contributed by atoms with E-state index in [-0.39, 0.29) is 25.3 Å². The van der Waals surface area contributed by atoms with Crippen molar-refractivity contribution in [1.29, 1.82) is 0 Å². The fraction of sp³-hybridized carbons (Fsp3) is 0.571. The fourth-order valence-corrected chi connectivity index (χ4v) is 2.53. The van der Waals surface area contributed by atoms with Crippen LogP contribution in [0.2, 0.25) is 0 Å². The van der Waals surface area contributed by atoms with E-state index in [2.05, 4.69) is 10.6 Å². The summed E-state index contributed by atoms with van der Waals surface area (Å²) >= 11 is 0. The fourth-order valence-electron chi connectivity index (χ4n) is 2.53. The molecular formula is C14H22N2O4. The third-order valence-electron chi connectivity index (χ3n) is 3.77. The summed E-state index contributed by atoms with van der Waals surface area (Å²) in [5.74, 6) is 0. The molecule has 0 aliphatic carbocycles. The van der Waals surface area contributed by atoms with Crippen molar-refractivity contribution in [2.45, 2.75) is 30.3 Å². The van der Waals surface area contributed by atoms with Crippen LogP contribution in [0, 0.1) is 0 Å². The molecule has 0 saturated carbocycles. The molecule has 1 saturated heterocycles. The minimum Gasteiger partial charge on any atom is -0.395 e. The van der Waals surface area contributed by atoms with Crippen molar-refractivity contribution in [1.82, 2.24) is 10.6 Å². The first-order valence-corrected chi connectivity index (χ1v) is 6.79. The highest BCUT2D eigenvalue weighted by molar-refractivity contribution is 5.19. The molecule has 2 rings (SSSR count). The van der Waals surface area contributed by atoms with Crippen LogP contribution in [0.15, 0.2) is 30.3 Å². The van der Waals surface area contributed by atoms with E-state index in [1.807, 2.05) is 30.3 Å². The molecule has 6 heteroatoms. The lowest BCUT2D eigenvalue weighted by atomic mass is 10.1. The average molecular weight is 282 g/mol. The molecule has 1 unspecified atom stereocenters. The van der Waals surface area contributed by atoms with Gasteiger partial charge in [-0.05, 0) is 5.56 Å². The van der Waals surface area contributed by atoms with Crippen molar-refractivity contribution in [2.75, 3.05) is 19.8 Å². The van der Waals surface area contributed by atoms with Crippen LogP contribution in [0.3, 0.4) is 0 Å². The zero-order chi connectivity index (χ0) is 14.5. The maximum Gasteiger partial charge on any atom is 0.0989 e. The number of benzene rings is 1. The summed E-state index contributed by atoms with van der Waals surface area (Å²) in [6.07, 6.45) is -1.91. The molecule has 6 N–H and O–H groups in total. The van der Waals surface area contributed by atoms with E-state index < -0.39 is 18.2 Å². The minimum atomic E-state index is -0.976. The first-order valence-electron chi connectivity index (χ1n) is 6.79. The quantitative estimate of drug-likeness (QED) is 0.374. The molecule has 0 amide bonds. The summed E-state index contributed by atoms with van der Waals surface area (Å²) in [4.78, 5) is 0. The van der Waals surface area contributed by atoms with Crippen LogP contribution in [0.1, 0.15) is 11.6 Å². The van der Waals surface area contributed by atoms with Crippen LogP contribution < -0.4 is 10.6 Å². The monoisotopic (exact) mass is 282 g/mol. The van der Waals surface area contributed by atoms with Crippen molar-refractivity contribution in [3.05, 3.63) is 35.9 Å². The number of rotatable bonds is 6. The van der Waals surface area contributed by atoms with E-state index in [4.69, 9.17) is 5.11 Å². The topological polar surface area (TPSA) is 105 Å². The van der Waals surface area contributed by atoms with Gasteiger partial charge in [-0.15, -0.1) is 0 Å². The molecule has 1 aliphatic rings. The standard InChI is InChI=1S/C14H22N2O4/c17-7-11(9-4-2-1-3-5-9)15-6-10-13(19)14(20)12(8-18)16-10/h1-5,10-20H,6-8H2/t10-,11?,12-,13-,14+/m1/s1. The summed E-state index contributed by atoms with van der Waals surface area (Å²) in [6, 6.07) is 8.43. The van der Waals surface area contributed by atoms with E-state index in [1.54, 1.807) is 0 Å². The van der Waals surface area contributed by atoms with Crippen molar-refractivity contribution in [3.8, 4) is 0 Å². The molecule has 1 fully saturated rings. The average Bonchev–Trinajstić information content (AvgIpc) is 2.77. The Hall–Kier alpha value is -1.02. The Morgan fingerprint density at radius 2 is 1.70 bits per heavy atom. The van der Waals surface area contributed by atoms with Gasteiger partial charge in [0.1, 0.15) is 0 Å². The second-order valence-corrected chi connectivity index (χ2v) is 5.10. The van der Waals surface area contributed by atoms with Crippen LogP contribution in [0.5, 0.6) is 0 Å². The van der Waals surface area contributed by atoms with Crippen molar-refractivity contribution < 1.29 is 20.4 Å². The van der Waals surface area contributed by atoms with Gasteiger partial charge in [0.05, 0.1) is 37.5 Å². The van der Waals surface area contributed by atoms with Gasteiger partial charge in [-0.25, -0.2) is 0 Å². The molecule has 1 aromatic carbocycles. The molecule has 6 nitrogen and oxygen atoms in total. The summed E-state index contributed by atoms with van der Waals surface area (Å²) < 4.78 is 0. The highest BCUT2D eigenvalue weighted by Gasteiger charge is 2.40. The van der Waals surface area contributed by atoms with Crippen LogP contribution >= 0.6 is 0 Å². The molecule has 0 bridgehead atoms. The van der Waals surface area contributed by atoms with Crippen LogP contribution in [-0.2, 0) is 0 Å². The Morgan fingerprint density at radius 3 is 2.25 bits per heavy atom. The molecule has 0 aromatic heterocycles. The van der Waals surface area contributed by atoms with Gasteiger partial charge in [-0.2, -0.15) is 0 Å². The number of nitrogens with one attached hydrogen (secondary N) is 2. The molecule has 0 radical (unpaired) electrons. The van der Waals surface area contributed by atoms with E-state index >= 15 is 0 Å². The van der Waals surface area contributed by atoms with Crippen LogP contribution in [-0.4, -0.2) is 64.5 Å². The molecule has 0 spiro atoms. The Kier molecular flexibility index (Phi) is 5.47. The second-order valence-electron chi connectivity index (χ2n) is 5.10. The Morgan fingerprint density at radius 1 is 1.05 bits per heavy atom. The minimum absolute atomic E-state index is 0.0567. The van der Waals surface area contributed by atoms with Crippen LogP contribution in [0.4, 0.5) is 0 Å². The third kappa shape index (κ3) is 3.35. The lowest BCUT2D eigenvalue weighted by molar-refractivity contribution is 0.0193. The van der Waals surface area contributed by atoms with Gasteiger partial charge in [0.25, 0.3) is 0 Å². The number of hydrogen-bond donors (Lipinski definition) is 6. The number of aliphatic hydroxyl groups is 4. The zero-order valence-electron chi connectivity index (χ0n) is 11.2. The van der Waals surface area contributed by atoms with Gasteiger partial charge in [-0.3, -0.25) is 0 Å². The first-order chi connectivity index (χ1) is 9.67. The molecule has 1 aliphatic heterocycles. The smallest absolute Gasteiger partial charge is 0.0989 e. The molecule has 5 atom stereocenters. The molecule has 112 valence electrons. The van der Waals surface area contributed by atoms with Gasteiger partial charge in [0, 0.05) is 12.6 Å². The molecule has 1 heterocycles. The lowest BCUT2D eigenvalue weighted by Gasteiger charge is -2.21. The SMILES string of the molecule is OCC(NC[C@H]1N[C@H](CO)[C@H](O)[C@@H]1O)c1ccccc1. The van der Waals surface area contributed by atoms with Gasteiger partial charge >= 0.3 is 0 Å². The normalized spacial score (nSPS) is 31.4. The highest BCUT2D eigenvalue weighted by atomic mass is 16.3. The second kappa shape index (κ2) is 7.12. The largest absolute Gasteiger partial charge is 0.395 e. The molecule has 1 aromatic rings. The van der Waals surface area contributed by atoms with Gasteiger partial charge in [0.15, 0.2) is 0 Å². The Bertz CT molecular complexity index is 403. The maximum atomic E-state index is 9.89. The van der Waals surface area contributed by atoms with Crippen molar-refractivity contribution in [3.63, 3.8) is 0 Å².